The molecule has 1 spiro atoms. The first-order valence-corrected chi connectivity index (χ1v) is 10.1. The number of piperidine rings is 1. The number of likely N-dealkylation sites (N-methyl/N-ethyl adjacent to an activating group) is 1. The Balaban J connectivity index is 1.32. The summed E-state index contributed by atoms with van der Waals surface area (Å²) < 4.78 is 0. The van der Waals surface area contributed by atoms with Gasteiger partial charge in [-0.1, -0.05) is 30.3 Å². The van der Waals surface area contributed by atoms with Crippen LogP contribution in [-0.4, -0.2) is 58.1 Å². The third kappa shape index (κ3) is 3.87. The van der Waals surface area contributed by atoms with Crippen molar-refractivity contribution in [3.05, 3.63) is 64.1 Å². The number of H-pyrrole nitrogens is 1. The van der Waals surface area contributed by atoms with E-state index >= 15 is 0 Å². The monoisotopic (exact) mass is 380 g/mol. The van der Waals surface area contributed by atoms with Gasteiger partial charge in [-0.2, -0.15) is 5.10 Å². The molecule has 2 aliphatic heterocycles. The number of nitrogens with one attached hydrogen (secondary N) is 1. The lowest BCUT2D eigenvalue weighted by molar-refractivity contribution is -0.133. The van der Waals surface area contributed by atoms with Crippen LogP contribution in [0.3, 0.4) is 0 Å². The van der Waals surface area contributed by atoms with E-state index < -0.39 is 0 Å². The molecule has 2 fully saturated rings. The van der Waals surface area contributed by atoms with E-state index in [4.69, 9.17) is 0 Å². The minimum absolute atomic E-state index is 0.183. The number of rotatable bonds is 4. The Labute approximate surface area is 165 Å². The zero-order valence-electron chi connectivity index (χ0n) is 16.4. The van der Waals surface area contributed by atoms with Gasteiger partial charge in [0.05, 0.1) is 5.69 Å². The van der Waals surface area contributed by atoms with Crippen LogP contribution < -0.4 is 5.56 Å². The molecular formula is C22H28N4O2. The van der Waals surface area contributed by atoms with Crippen molar-refractivity contribution in [3.8, 4) is 0 Å². The van der Waals surface area contributed by atoms with Crippen LogP contribution in [0, 0.1) is 0 Å². The van der Waals surface area contributed by atoms with Crippen LogP contribution in [-0.2, 0) is 11.2 Å². The van der Waals surface area contributed by atoms with E-state index in [0.29, 0.717) is 18.8 Å². The Morgan fingerprint density at radius 3 is 2.61 bits per heavy atom. The van der Waals surface area contributed by atoms with Crippen LogP contribution in [0.25, 0.3) is 0 Å². The lowest BCUT2D eigenvalue weighted by atomic mass is 9.81. The van der Waals surface area contributed by atoms with Crippen LogP contribution in [0.1, 0.15) is 42.9 Å². The highest BCUT2D eigenvalue weighted by Crippen LogP contribution is 2.43. The number of carbonyl (C=O) groups is 1. The Hall–Kier alpha value is -2.47. The fraction of sp³-hybridized carbons (Fsp3) is 0.500. The molecule has 3 heterocycles. The maximum Gasteiger partial charge on any atom is 0.264 e. The quantitative estimate of drug-likeness (QED) is 0.883. The van der Waals surface area contributed by atoms with Gasteiger partial charge in [-0.05, 0) is 43.9 Å². The second-order valence-corrected chi connectivity index (χ2v) is 8.21. The fourth-order valence-corrected chi connectivity index (χ4v) is 4.82. The third-order valence-electron chi connectivity index (χ3n) is 6.58. The summed E-state index contributed by atoms with van der Waals surface area (Å²) >= 11 is 0. The van der Waals surface area contributed by atoms with Crippen LogP contribution >= 0.6 is 0 Å². The molecule has 1 amide bonds. The Morgan fingerprint density at radius 1 is 1.18 bits per heavy atom. The third-order valence-corrected chi connectivity index (χ3v) is 6.58. The highest BCUT2D eigenvalue weighted by atomic mass is 16.2. The standard InChI is InChI=1S/C22H28N4O2/c1-25-16-18(17-5-3-2-4-6-17)15-22(25)11-13-26(14-12-22)21(28)10-8-19-7-9-20(27)24-23-19/h2-7,9,18H,8,10-16H2,1H3,(H,24,27)/t18-/m0/s1. The van der Waals surface area contributed by atoms with Crippen molar-refractivity contribution in [1.82, 2.24) is 20.0 Å². The zero-order valence-corrected chi connectivity index (χ0v) is 16.4. The number of carbonyl (C=O) groups excluding carboxylic acids is 1. The molecule has 0 unspecified atom stereocenters. The summed E-state index contributed by atoms with van der Waals surface area (Å²) in [6.07, 6.45) is 4.25. The van der Waals surface area contributed by atoms with E-state index in [9.17, 15) is 9.59 Å². The van der Waals surface area contributed by atoms with Gasteiger partial charge in [0.2, 0.25) is 5.91 Å². The van der Waals surface area contributed by atoms with Gasteiger partial charge in [-0.3, -0.25) is 14.5 Å². The maximum atomic E-state index is 12.6. The summed E-state index contributed by atoms with van der Waals surface area (Å²) in [7, 11) is 2.24. The largest absolute Gasteiger partial charge is 0.343 e. The van der Waals surface area contributed by atoms with Crippen molar-refractivity contribution >= 4 is 5.91 Å². The Morgan fingerprint density at radius 2 is 1.93 bits per heavy atom. The highest BCUT2D eigenvalue weighted by Gasteiger charge is 2.46. The van der Waals surface area contributed by atoms with E-state index in [-0.39, 0.29) is 17.0 Å². The average molecular weight is 380 g/mol. The first-order valence-electron chi connectivity index (χ1n) is 10.1. The Kier molecular flexibility index (Phi) is 5.31. The smallest absolute Gasteiger partial charge is 0.264 e. The molecule has 6 nitrogen and oxygen atoms in total. The van der Waals surface area contributed by atoms with Gasteiger partial charge in [0.25, 0.3) is 5.56 Å². The molecule has 2 aromatic rings. The number of nitrogens with zero attached hydrogens (tertiary/aromatic N) is 3. The minimum Gasteiger partial charge on any atom is -0.343 e. The number of hydrogen-bond acceptors (Lipinski definition) is 4. The molecule has 28 heavy (non-hydrogen) atoms. The second kappa shape index (κ2) is 7.87. The summed E-state index contributed by atoms with van der Waals surface area (Å²) in [5.74, 6) is 0.767. The molecule has 1 atom stereocenters. The molecule has 1 aromatic heterocycles. The maximum absolute atomic E-state index is 12.6. The lowest BCUT2D eigenvalue weighted by Crippen LogP contribution is -2.52. The lowest BCUT2D eigenvalue weighted by Gasteiger charge is -2.43. The normalized spacial score (nSPS) is 21.9. The molecule has 0 aliphatic carbocycles. The van der Waals surface area contributed by atoms with Crippen LogP contribution in [0.2, 0.25) is 0 Å². The summed E-state index contributed by atoms with van der Waals surface area (Å²) in [6, 6.07) is 13.9. The number of aryl methyl sites for hydroxylation is 1. The summed E-state index contributed by atoms with van der Waals surface area (Å²) in [6.45, 7) is 2.74. The SMILES string of the molecule is CN1C[C@@H](c2ccccc2)CC12CCN(C(=O)CCc1ccc(=O)[nH]n1)CC2. The van der Waals surface area contributed by atoms with Gasteiger partial charge in [-0.15, -0.1) is 0 Å². The van der Waals surface area contributed by atoms with E-state index in [1.54, 1.807) is 6.07 Å². The van der Waals surface area contributed by atoms with Crippen molar-refractivity contribution in [1.29, 1.82) is 0 Å². The fourth-order valence-electron chi connectivity index (χ4n) is 4.82. The second-order valence-electron chi connectivity index (χ2n) is 8.21. The molecule has 148 valence electrons. The van der Waals surface area contributed by atoms with Crippen molar-refractivity contribution in [2.45, 2.75) is 43.6 Å². The van der Waals surface area contributed by atoms with Crippen molar-refractivity contribution < 1.29 is 4.79 Å². The molecule has 1 N–H and O–H groups in total. The molecule has 6 heteroatoms. The predicted molar refractivity (Wildman–Crippen MR) is 108 cm³/mol. The number of benzene rings is 1. The minimum atomic E-state index is -0.217. The number of aromatic amines is 1. The van der Waals surface area contributed by atoms with Crippen LogP contribution in [0.5, 0.6) is 0 Å². The van der Waals surface area contributed by atoms with Crippen LogP contribution in [0.4, 0.5) is 0 Å². The van der Waals surface area contributed by atoms with Gasteiger partial charge < -0.3 is 4.90 Å². The summed E-state index contributed by atoms with van der Waals surface area (Å²) in [5, 5.41) is 6.41. The molecule has 1 aromatic carbocycles. The predicted octanol–water partition coefficient (Wildman–Crippen LogP) is 2.18. The Bertz CT molecular complexity index is 851. The average Bonchev–Trinajstić information content (AvgIpc) is 3.04. The van der Waals surface area contributed by atoms with Gasteiger partial charge >= 0.3 is 0 Å². The molecule has 0 bridgehead atoms. The molecule has 2 aliphatic rings. The molecular weight excluding hydrogens is 352 g/mol. The molecule has 4 rings (SSSR count). The summed E-state index contributed by atoms with van der Waals surface area (Å²) in [5.41, 5.74) is 2.18. The number of likely N-dealkylation sites (tertiary alicyclic amines) is 2. The van der Waals surface area contributed by atoms with Gasteiger partial charge in [-0.25, -0.2) is 5.10 Å². The van der Waals surface area contributed by atoms with Gasteiger partial charge in [0, 0.05) is 44.1 Å². The van der Waals surface area contributed by atoms with Crippen molar-refractivity contribution in [2.75, 3.05) is 26.7 Å². The molecule has 0 saturated carbocycles. The van der Waals surface area contributed by atoms with E-state index in [1.165, 1.54) is 18.1 Å². The highest BCUT2D eigenvalue weighted by molar-refractivity contribution is 5.76. The van der Waals surface area contributed by atoms with Crippen molar-refractivity contribution in [2.24, 2.45) is 0 Å². The van der Waals surface area contributed by atoms with Crippen LogP contribution in [0.15, 0.2) is 47.3 Å². The number of aromatic nitrogens is 2. The number of amides is 1. The first-order chi connectivity index (χ1) is 13.6. The van der Waals surface area contributed by atoms with E-state index in [1.807, 2.05) is 4.90 Å². The first kappa shape index (κ1) is 18.9. The molecule has 2 saturated heterocycles. The summed E-state index contributed by atoms with van der Waals surface area (Å²) in [4.78, 5) is 28.2. The van der Waals surface area contributed by atoms with E-state index in [0.717, 1.165) is 38.2 Å². The van der Waals surface area contributed by atoms with Crippen molar-refractivity contribution in [3.63, 3.8) is 0 Å². The molecule has 0 radical (unpaired) electrons. The van der Waals surface area contributed by atoms with Gasteiger partial charge in [0.1, 0.15) is 0 Å². The van der Waals surface area contributed by atoms with Gasteiger partial charge in [0.15, 0.2) is 0 Å². The topological polar surface area (TPSA) is 69.3 Å². The zero-order chi connectivity index (χ0) is 19.6. The van der Waals surface area contributed by atoms with E-state index in [2.05, 4.69) is 52.5 Å². The number of hydrogen-bond donors (Lipinski definition) is 1.